The monoisotopic (exact) mass is 723 g/mol. The van der Waals surface area contributed by atoms with Gasteiger partial charge < -0.3 is 29.9 Å². The Morgan fingerprint density at radius 2 is 1.84 bits per heavy atom. The maximum Gasteiger partial charge on any atom is 0.407 e. The summed E-state index contributed by atoms with van der Waals surface area (Å²) < 4.78 is 38.5. The molecule has 16 heteroatoms. The first kappa shape index (κ1) is 36.1. The predicted octanol–water partition coefficient (Wildman–Crippen LogP) is 1.83. The third-order valence-electron chi connectivity index (χ3n) is 9.98. The van der Waals surface area contributed by atoms with Gasteiger partial charge in [-0.15, -0.1) is 6.58 Å². The standard InChI is InChI=1S/C35H45N7O8S/c1-6-23-18-35(23,31(45)40-51(47,48)25-11-12-25)39-29(43)26-17-24(20-42(26)30(44)28(34(2,3)4)38-33(46)49-5)50-27-13-15-36-32(37-27)41-16-14-21-9-7-8-10-22(21)19-41/h6-10,13,15,23-26,28H,1,11-12,14,16-20H2,2-5H3,(H,38,46)(H,39,43)(H,40,45)/t23-,24-,26+,28-,35-/m1/s1. The number of aromatic nitrogens is 2. The average Bonchev–Trinajstić information content (AvgIpc) is 4.03. The number of nitrogens with one attached hydrogen (secondary N) is 3. The van der Waals surface area contributed by atoms with Crippen LogP contribution < -0.4 is 25.0 Å². The fourth-order valence-electron chi connectivity index (χ4n) is 6.77. The van der Waals surface area contributed by atoms with Crippen molar-refractivity contribution in [2.24, 2.45) is 11.3 Å². The molecular weight excluding hydrogens is 678 g/mol. The summed E-state index contributed by atoms with van der Waals surface area (Å²) in [5, 5.41) is 4.73. The van der Waals surface area contributed by atoms with Crippen molar-refractivity contribution in [2.45, 2.75) is 88.4 Å². The molecule has 6 rings (SSSR count). The molecule has 3 heterocycles. The van der Waals surface area contributed by atoms with Gasteiger partial charge in [0, 0.05) is 37.7 Å². The Morgan fingerprint density at radius 3 is 2.49 bits per heavy atom. The summed E-state index contributed by atoms with van der Waals surface area (Å²) in [5.74, 6) is -1.84. The number of amides is 4. The van der Waals surface area contributed by atoms with Crippen LogP contribution in [-0.4, -0.2) is 96.3 Å². The van der Waals surface area contributed by atoms with E-state index < -0.39 is 74.1 Å². The molecule has 3 N–H and O–H groups in total. The minimum absolute atomic E-state index is 0.0277. The van der Waals surface area contributed by atoms with Crippen LogP contribution >= 0.6 is 0 Å². The van der Waals surface area contributed by atoms with E-state index in [9.17, 15) is 27.6 Å². The first-order valence-electron chi connectivity index (χ1n) is 17.1. The topological polar surface area (TPSA) is 189 Å². The molecular formula is C35H45N7O8S. The van der Waals surface area contributed by atoms with Gasteiger partial charge in [0.1, 0.15) is 23.7 Å². The van der Waals surface area contributed by atoms with E-state index in [2.05, 4.69) is 48.9 Å². The minimum Gasteiger partial charge on any atom is -0.472 e. The molecule has 274 valence electrons. The van der Waals surface area contributed by atoms with Gasteiger partial charge in [-0.25, -0.2) is 18.2 Å². The zero-order valence-corrected chi connectivity index (χ0v) is 30.1. The van der Waals surface area contributed by atoms with Crippen molar-refractivity contribution in [3.63, 3.8) is 0 Å². The van der Waals surface area contributed by atoms with E-state index in [0.717, 1.165) is 13.0 Å². The van der Waals surface area contributed by atoms with Crippen molar-refractivity contribution >= 4 is 39.8 Å². The summed E-state index contributed by atoms with van der Waals surface area (Å²) in [6.07, 6.45) is 3.51. The molecule has 2 aliphatic carbocycles. The number of carbonyl (C=O) groups is 4. The summed E-state index contributed by atoms with van der Waals surface area (Å²) in [6.45, 7) is 10.4. The molecule has 1 aromatic heterocycles. The highest BCUT2D eigenvalue weighted by Gasteiger charge is 2.62. The number of methoxy groups -OCH3 is 1. The number of hydrogen-bond donors (Lipinski definition) is 3. The van der Waals surface area contributed by atoms with E-state index in [-0.39, 0.29) is 25.3 Å². The van der Waals surface area contributed by atoms with Gasteiger partial charge in [0.2, 0.25) is 33.7 Å². The second-order valence-electron chi connectivity index (χ2n) is 14.7. The summed E-state index contributed by atoms with van der Waals surface area (Å²) in [6, 6.07) is 7.60. The van der Waals surface area contributed by atoms with Crippen LogP contribution in [0.3, 0.4) is 0 Å². The van der Waals surface area contributed by atoms with E-state index in [1.54, 1.807) is 33.0 Å². The Labute approximate surface area is 297 Å². The van der Waals surface area contributed by atoms with Crippen molar-refractivity contribution < 1.29 is 37.1 Å². The van der Waals surface area contributed by atoms with E-state index >= 15 is 0 Å². The zero-order valence-electron chi connectivity index (χ0n) is 29.3. The van der Waals surface area contributed by atoms with Gasteiger partial charge in [0.05, 0.1) is 18.9 Å². The number of hydrogen-bond acceptors (Lipinski definition) is 11. The fraction of sp³-hybridized carbons (Fsp3) is 0.543. The van der Waals surface area contributed by atoms with Crippen LogP contribution in [0, 0.1) is 11.3 Å². The quantitative estimate of drug-likeness (QED) is 0.287. The van der Waals surface area contributed by atoms with Crippen LogP contribution in [0.15, 0.2) is 49.2 Å². The molecule has 1 aromatic carbocycles. The molecule has 2 aliphatic heterocycles. The molecule has 15 nitrogen and oxygen atoms in total. The first-order valence-corrected chi connectivity index (χ1v) is 18.7. The largest absolute Gasteiger partial charge is 0.472 e. The van der Waals surface area contributed by atoms with Crippen molar-refractivity contribution in [3.05, 3.63) is 60.3 Å². The maximum atomic E-state index is 14.2. The average molecular weight is 724 g/mol. The van der Waals surface area contributed by atoms with Gasteiger partial charge in [-0.05, 0) is 42.2 Å². The Kier molecular flexibility index (Phi) is 9.74. The number of sulfonamides is 1. The molecule has 2 aromatic rings. The number of alkyl carbamates (subject to hydrolysis) is 1. The molecule has 0 spiro atoms. The molecule has 51 heavy (non-hydrogen) atoms. The van der Waals surface area contributed by atoms with Gasteiger partial charge >= 0.3 is 6.09 Å². The number of benzene rings is 1. The van der Waals surface area contributed by atoms with E-state index in [4.69, 9.17) is 9.47 Å². The van der Waals surface area contributed by atoms with Crippen molar-refractivity contribution in [3.8, 4) is 5.88 Å². The summed E-state index contributed by atoms with van der Waals surface area (Å²) in [7, 11) is -2.70. The number of likely N-dealkylation sites (tertiary alicyclic amines) is 1. The number of anilines is 1. The molecule has 4 amide bonds. The number of nitrogens with zero attached hydrogens (tertiary/aromatic N) is 4. The van der Waals surface area contributed by atoms with Crippen LogP contribution in [0.5, 0.6) is 5.88 Å². The Morgan fingerprint density at radius 1 is 1.12 bits per heavy atom. The fourth-order valence-corrected chi connectivity index (χ4v) is 8.14. The number of fused-ring (bicyclic) bond motifs is 1. The molecule has 0 radical (unpaired) electrons. The molecule has 3 fully saturated rings. The number of carbonyl (C=O) groups excluding carboxylic acids is 4. The second-order valence-corrected chi connectivity index (χ2v) is 16.7. The lowest BCUT2D eigenvalue weighted by Gasteiger charge is -2.35. The molecule has 5 atom stereocenters. The molecule has 0 bridgehead atoms. The molecule has 0 unspecified atom stereocenters. The number of rotatable bonds is 11. The van der Waals surface area contributed by atoms with Gasteiger partial charge in [-0.3, -0.25) is 19.1 Å². The van der Waals surface area contributed by atoms with Crippen LogP contribution in [0.25, 0.3) is 0 Å². The third kappa shape index (κ3) is 7.65. The predicted molar refractivity (Wildman–Crippen MR) is 186 cm³/mol. The summed E-state index contributed by atoms with van der Waals surface area (Å²) in [5.41, 5.74) is 0.141. The highest BCUT2D eigenvalue weighted by molar-refractivity contribution is 7.91. The lowest BCUT2D eigenvalue weighted by atomic mass is 9.85. The lowest BCUT2D eigenvalue weighted by molar-refractivity contribution is -0.142. The zero-order chi connectivity index (χ0) is 36.7. The summed E-state index contributed by atoms with van der Waals surface area (Å²) in [4.78, 5) is 66.6. The minimum atomic E-state index is -3.89. The lowest BCUT2D eigenvalue weighted by Crippen LogP contribution is -2.60. The van der Waals surface area contributed by atoms with Crippen LogP contribution in [0.1, 0.15) is 57.6 Å². The smallest absolute Gasteiger partial charge is 0.407 e. The second kappa shape index (κ2) is 13.8. The molecule has 4 aliphatic rings. The molecule has 1 saturated heterocycles. The maximum absolute atomic E-state index is 14.2. The highest BCUT2D eigenvalue weighted by atomic mass is 32.2. The van der Waals surface area contributed by atoms with Gasteiger partial charge in [0.15, 0.2) is 0 Å². The Bertz CT molecular complexity index is 1830. The van der Waals surface area contributed by atoms with Gasteiger partial charge in [0.25, 0.3) is 5.91 Å². The van der Waals surface area contributed by atoms with Gasteiger partial charge in [-0.2, -0.15) is 4.98 Å². The normalized spacial score (nSPS) is 24.8. The van der Waals surface area contributed by atoms with Gasteiger partial charge in [-0.1, -0.05) is 51.1 Å². The van der Waals surface area contributed by atoms with Crippen molar-refractivity contribution in [2.75, 3.05) is 25.1 Å². The van der Waals surface area contributed by atoms with E-state index in [0.29, 0.717) is 25.3 Å². The number of ether oxygens (including phenoxy) is 2. The Hall–Kier alpha value is -4.73. The summed E-state index contributed by atoms with van der Waals surface area (Å²) >= 11 is 0. The molecule has 2 saturated carbocycles. The van der Waals surface area contributed by atoms with Crippen LogP contribution in [0.4, 0.5) is 10.7 Å². The van der Waals surface area contributed by atoms with Crippen molar-refractivity contribution in [1.29, 1.82) is 0 Å². The first-order chi connectivity index (χ1) is 24.1. The Balaban J connectivity index is 1.23. The SMILES string of the molecule is C=C[C@@H]1C[C@]1(NC(=O)[C@@H]1C[C@@H](Oc2ccnc(N3CCc4ccccc4C3)n2)CN1C(=O)[C@@H](NC(=O)OC)C(C)(C)C)C(=O)NS(=O)(=O)C1CC1. The third-order valence-corrected chi connectivity index (χ3v) is 11.8. The van der Waals surface area contributed by atoms with Crippen LogP contribution in [-0.2, 0) is 42.1 Å². The van der Waals surface area contributed by atoms with Crippen LogP contribution in [0.2, 0.25) is 0 Å². The van der Waals surface area contributed by atoms with E-state index in [1.807, 2.05) is 12.1 Å². The van der Waals surface area contributed by atoms with E-state index in [1.165, 1.54) is 29.2 Å². The van der Waals surface area contributed by atoms with Crippen molar-refractivity contribution in [1.82, 2.24) is 30.2 Å². The highest BCUT2D eigenvalue weighted by Crippen LogP contribution is 2.45.